The second kappa shape index (κ2) is 3.93. The zero-order valence-electron chi connectivity index (χ0n) is 8.37. The van der Waals surface area contributed by atoms with Crippen molar-refractivity contribution in [3.63, 3.8) is 0 Å². The van der Waals surface area contributed by atoms with Crippen molar-refractivity contribution in [3.8, 4) is 0 Å². The average molecular weight is 203 g/mol. The summed E-state index contributed by atoms with van der Waals surface area (Å²) in [5.74, 6) is 0. The molecule has 0 unspecified atom stereocenters. The Morgan fingerprint density at radius 3 is 3.00 bits per heavy atom. The van der Waals surface area contributed by atoms with Crippen molar-refractivity contribution in [1.29, 1.82) is 0 Å². The fourth-order valence-electron chi connectivity index (χ4n) is 1.65. The molecule has 1 N–H and O–H groups in total. The molecule has 2 heteroatoms. The Bertz CT molecular complexity index is 468. The van der Waals surface area contributed by atoms with Crippen molar-refractivity contribution in [2.24, 2.45) is 0 Å². The first-order chi connectivity index (χ1) is 6.83. The van der Waals surface area contributed by atoms with Crippen LogP contribution < -0.4 is 0 Å². The highest BCUT2D eigenvalue weighted by Gasteiger charge is 2.02. The highest BCUT2D eigenvalue weighted by molar-refractivity contribution is 8.01. The summed E-state index contributed by atoms with van der Waals surface area (Å²) in [6.45, 7) is 2.14. The van der Waals surface area contributed by atoms with Crippen LogP contribution in [0, 0.1) is 0 Å². The maximum atomic E-state index is 3.28. The molecule has 0 radical (unpaired) electrons. The molecule has 0 aliphatic rings. The number of para-hydroxylation sites is 1. The van der Waals surface area contributed by atoms with Crippen molar-refractivity contribution in [3.05, 3.63) is 41.4 Å². The molecule has 0 amide bonds. The lowest BCUT2D eigenvalue weighted by molar-refractivity contribution is 1.46. The number of hydrogen-bond donors (Lipinski definition) is 1. The molecule has 0 spiro atoms. The minimum Gasteiger partial charge on any atom is -0.361 e. The van der Waals surface area contributed by atoms with Crippen LogP contribution in [-0.4, -0.2) is 11.2 Å². The van der Waals surface area contributed by atoms with Gasteiger partial charge in [-0.1, -0.05) is 18.2 Å². The second-order valence-corrected chi connectivity index (χ2v) is 3.99. The quantitative estimate of drug-likeness (QED) is 0.783. The third-order valence-electron chi connectivity index (χ3n) is 2.31. The third-order valence-corrected chi connectivity index (χ3v) is 2.90. The predicted octanol–water partition coefficient (Wildman–Crippen LogP) is 3.89. The number of benzene rings is 1. The molecule has 0 aliphatic carbocycles. The fourth-order valence-corrected chi connectivity index (χ4v) is 2.13. The lowest BCUT2D eigenvalue weighted by atomic mass is 10.1. The van der Waals surface area contributed by atoms with Gasteiger partial charge in [0.2, 0.25) is 0 Å². The normalized spacial score (nSPS) is 12.3. The van der Waals surface area contributed by atoms with Crippen LogP contribution in [0.25, 0.3) is 16.5 Å². The molecule has 0 fully saturated rings. The molecule has 1 nitrogen and oxygen atoms in total. The maximum Gasteiger partial charge on any atom is 0.0530 e. The Labute approximate surface area is 88.2 Å². The first-order valence-corrected chi connectivity index (χ1v) is 5.88. The van der Waals surface area contributed by atoms with E-state index in [4.69, 9.17) is 0 Å². The van der Waals surface area contributed by atoms with Crippen LogP contribution in [0.2, 0.25) is 0 Å². The fraction of sp³-hybridized carbons (Fsp3) is 0.167. The van der Waals surface area contributed by atoms with E-state index in [0.29, 0.717) is 0 Å². The average Bonchev–Trinajstić information content (AvgIpc) is 2.65. The molecule has 0 bridgehead atoms. The van der Waals surface area contributed by atoms with Gasteiger partial charge in [-0.3, -0.25) is 0 Å². The first kappa shape index (κ1) is 9.41. The number of hydrogen-bond acceptors (Lipinski definition) is 1. The number of allylic oxidation sites excluding steroid dienone is 1. The summed E-state index contributed by atoms with van der Waals surface area (Å²) in [4.78, 5) is 3.28. The molecule has 1 aromatic heterocycles. The lowest BCUT2D eigenvalue weighted by Gasteiger charge is -2.02. The van der Waals surface area contributed by atoms with E-state index in [9.17, 15) is 0 Å². The molecule has 2 aromatic rings. The summed E-state index contributed by atoms with van der Waals surface area (Å²) in [6.07, 6.45) is 4.07. The summed E-state index contributed by atoms with van der Waals surface area (Å²) in [5.41, 5.74) is 3.84. The van der Waals surface area contributed by atoms with Crippen LogP contribution in [-0.2, 0) is 0 Å². The number of fused-ring (bicyclic) bond motifs is 1. The standard InChI is InChI=1S/C12H13NS/c1-9(8-14-2)11-5-3-4-10-6-7-13-12(10)11/h3-8,13H,1-2H3/b9-8+. The molecule has 14 heavy (non-hydrogen) atoms. The van der Waals surface area contributed by atoms with Crippen LogP contribution in [0.3, 0.4) is 0 Å². The molecule has 0 aliphatic heterocycles. The van der Waals surface area contributed by atoms with Crippen molar-refractivity contribution in [2.75, 3.05) is 6.26 Å². The molecule has 0 saturated carbocycles. The number of nitrogens with one attached hydrogen (secondary N) is 1. The van der Waals surface area contributed by atoms with Crippen molar-refractivity contribution in [1.82, 2.24) is 4.98 Å². The van der Waals surface area contributed by atoms with Gasteiger partial charge in [-0.05, 0) is 35.6 Å². The molecule has 1 heterocycles. The highest BCUT2D eigenvalue weighted by atomic mass is 32.2. The minimum absolute atomic E-state index is 1.23. The van der Waals surface area contributed by atoms with Gasteiger partial charge in [0.15, 0.2) is 0 Å². The van der Waals surface area contributed by atoms with Gasteiger partial charge < -0.3 is 4.98 Å². The van der Waals surface area contributed by atoms with E-state index in [2.05, 4.69) is 47.8 Å². The van der Waals surface area contributed by atoms with E-state index in [1.165, 1.54) is 22.0 Å². The van der Waals surface area contributed by atoms with Gasteiger partial charge in [0.1, 0.15) is 0 Å². The monoisotopic (exact) mass is 203 g/mol. The summed E-state index contributed by atoms with van der Waals surface area (Å²) < 4.78 is 0. The molecular formula is C12H13NS. The minimum atomic E-state index is 1.23. The van der Waals surface area contributed by atoms with Crippen LogP contribution in [0.4, 0.5) is 0 Å². The smallest absolute Gasteiger partial charge is 0.0530 e. The van der Waals surface area contributed by atoms with Crippen LogP contribution in [0.5, 0.6) is 0 Å². The SMILES string of the molecule is CS/C=C(\C)c1cccc2cc[nH]c12. The number of rotatable bonds is 2. The van der Waals surface area contributed by atoms with Crippen LogP contribution >= 0.6 is 11.8 Å². The number of aromatic amines is 1. The Morgan fingerprint density at radius 2 is 2.21 bits per heavy atom. The zero-order valence-corrected chi connectivity index (χ0v) is 9.19. The van der Waals surface area contributed by atoms with E-state index in [1.54, 1.807) is 11.8 Å². The van der Waals surface area contributed by atoms with Gasteiger partial charge in [0, 0.05) is 11.8 Å². The Hall–Kier alpha value is -1.15. The Kier molecular flexibility index (Phi) is 2.64. The number of H-pyrrole nitrogens is 1. The van der Waals surface area contributed by atoms with Gasteiger partial charge in [-0.25, -0.2) is 0 Å². The lowest BCUT2D eigenvalue weighted by Crippen LogP contribution is -1.81. The molecule has 2 rings (SSSR count). The second-order valence-electron chi connectivity index (χ2n) is 3.28. The van der Waals surface area contributed by atoms with E-state index in [0.717, 1.165) is 0 Å². The van der Waals surface area contributed by atoms with Crippen molar-refractivity contribution in [2.45, 2.75) is 6.92 Å². The molecule has 0 saturated heterocycles. The highest BCUT2D eigenvalue weighted by Crippen LogP contribution is 2.24. The van der Waals surface area contributed by atoms with Gasteiger partial charge in [-0.15, -0.1) is 11.8 Å². The largest absolute Gasteiger partial charge is 0.361 e. The summed E-state index contributed by atoms with van der Waals surface area (Å²) in [7, 11) is 0. The molecule has 72 valence electrons. The topological polar surface area (TPSA) is 15.8 Å². The van der Waals surface area contributed by atoms with Crippen LogP contribution in [0.15, 0.2) is 35.9 Å². The molecule has 0 atom stereocenters. The van der Waals surface area contributed by atoms with E-state index in [1.807, 2.05) is 6.20 Å². The summed E-state index contributed by atoms with van der Waals surface area (Å²) in [5, 5.41) is 3.45. The van der Waals surface area contributed by atoms with E-state index >= 15 is 0 Å². The van der Waals surface area contributed by atoms with Crippen molar-refractivity contribution >= 4 is 28.2 Å². The first-order valence-electron chi connectivity index (χ1n) is 4.59. The Balaban J connectivity index is 2.61. The van der Waals surface area contributed by atoms with Crippen LogP contribution in [0.1, 0.15) is 12.5 Å². The zero-order chi connectivity index (χ0) is 9.97. The predicted molar refractivity (Wildman–Crippen MR) is 65.5 cm³/mol. The van der Waals surface area contributed by atoms with Gasteiger partial charge in [-0.2, -0.15) is 0 Å². The van der Waals surface area contributed by atoms with Gasteiger partial charge >= 0.3 is 0 Å². The Morgan fingerprint density at radius 1 is 1.36 bits per heavy atom. The van der Waals surface area contributed by atoms with Gasteiger partial charge in [0.05, 0.1) is 5.52 Å². The maximum absolute atomic E-state index is 3.28. The summed E-state index contributed by atoms with van der Waals surface area (Å²) in [6, 6.07) is 8.48. The summed E-state index contributed by atoms with van der Waals surface area (Å²) >= 11 is 1.74. The molecule has 1 aromatic carbocycles. The third kappa shape index (κ3) is 1.58. The van der Waals surface area contributed by atoms with E-state index < -0.39 is 0 Å². The molecular weight excluding hydrogens is 190 g/mol. The van der Waals surface area contributed by atoms with E-state index in [-0.39, 0.29) is 0 Å². The number of thioether (sulfide) groups is 1. The van der Waals surface area contributed by atoms with Gasteiger partial charge in [0.25, 0.3) is 0 Å². The number of aromatic nitrogens is 1. The van der Waals surface area contributed by atoms with Crippen molar-refractivity contribution < 1.29 is 0 Å².